The van der Waals surface area contributed by atoms with Gasteiger partial charge in [0.15, 0.2) is 31.4 Å². The highest BCUT2D eigenvalue weighted by atomic mass is 16.5. The van der Waals surface area contributed by atoms with Crippen molar-refractivity contribution in [2.75, 3.05) is 13.2 Å². The summed E-state index contributed by atoms with van der Waals surface area (Å²) in [5.74, 6) is 0. The number of nitrogens with zero attached hydrogens (tertiary/aromatic N) is 2. The summed E-state index contributed by atoms with van der Waals surface area (Å²) in [5, 5.41) is 0. The molecule has 3 heteroatoms. The number of aromatic nitrogens is 2. The molecule has 2 rings (SSSR count). The van der Waals surface area contributed by atoms with Gasteiger partial charge in [0.2, 0.25) is 0 Å². The summed E-state index contributed by atoms with van der Waals surface area (Å²) in [7, 11) is 0. The quantitative estimate of drug-likeness (QED) is 0.108. The fourth-order valence-electron chi connectivity index (χ4n) is 5.23. The van der Waals surface area contributed by atoms with Crippen LogP contribution in [0.25, 0.3) is 0 Å². The van der Waals surface area contributed by atoms with Gasteiger partial charge in [0.1, 0.15) is 0 Å². The predicted octanol–water partition coefficient (Wildman–Crippen LogP) is 8.71. The first kappa shape index (κ1) is 31.5. The Hall–Kier alpha value is -1.74. The lowest BCUT2D eigenvalue weighted by Crippen LogP contribution is -2.59. The van der Waals surface area contributed by atoms with E-state index in [-0.39, 0.29) is 6.17 Å². The van der Waals surface area contributed by atoms with Gasteiger partial charge in [-0.1, -0.05) is 104 Å². The standard InChI is InChI=1S/C34H58N2O/c1-4-7-9-11-13-15-17-19-23-32-25-21-27-35(29-32)34(31-37-6-3)36-28-22-26-33(30-36)24-20-18-16-14-12-10-8-5-2/h21-22,25-30,34H,4-20,23-24,31H2,1-3H3/q+2. The number of unbranched alkanes of at least 4 members (excludes halogenated alkanes) is 14. The highest BCUT2D eigenvalue weighted by Gasteiger charge is 2.28. The summed E-state index contributed by atoms with van der Waals surface area (Å²) in [6.07, 6.45) is 33.5. The highest BCUT2D eigenvalue weighted by molar-refractivity contribution is 5.06. The molecule has 208 valence electrons. The second-order valence-corrected chi connectivity index (χ2v) is 10.9. The van der Waals surface area contributed by atoms with E-state index in [2.05, 4.69) is 79.0 Å². The first-order chi connectivity index (χ1) is 18.3. The Labute approximate surface area is 229 Å². The molecule has 0 saturated carbocycles. The lowest BCUT2D eigenvalue weighted by molar-refractivity contribution is -0.946. The molecule has 0 amide bonds. The van der Waals surface area contributed by atoms with Crippen LogP contribution in [0.1, 0.15) is 141 Å². The summed E-state index contributed by atoms with van der Waals surface area (Å²) in [5.41, 5.74) is 2.87. The fraction of sp³-hybridized carbons (Fsp3) is 0.706. The average Bonchev–Trinajstić information content (AvgIpc) is 2.92. The molecule has 0 spiro atoms. The SMILES string of the molecule is CCCCCCCCCCc1ccc[n+](C(COCC)[n+]2cccc(CCCCCCCCCC)c2)c1. The number of pyridine rings is 2. The summed E-state index contributed by atoms with van der Waals surface area (Å²) in [6.45, 7) is 8.10. The highest BCUT2D eigenvalue weighted by Crippen LogP contribution is 2.12. The number of ether oxygens (including phenoxy) is 1. The molecule has 0 aliphatic rings. The Morgan fingerprint density at radius 2 is 0.973 bits per heavy atom. The van der Waals surface area contributed by atoms with Crippen LogP contribution in [0.2, 0.25) is 0 Å². The van der Waals surface area contributed by atoms with E-state index in [9.17, 15) is 0 Å². The smallest absolute Gasteiger partial charge is 0.367 e. The van der Waals surface area contributed by atoms with Gasteiger partial charge >= 0.3 is 6.17 Å². The van der Waals surface area contributed by atoms with Crippen LogP contribution >= 0.6 is 0 Å². The minimum absolute atomic E-state index is 0.150. The molecule has 0 atom stereocenters. The van der Waals surface area contributed by atoms with Gasteiger partial charge in [0.05, 0.1) is 0 Å². The van der Waals surface area contributed by atoms with Crippen molar-refractivity contribution in [3.8, 4) is 0 Å². The van der Waals surface area contributed by atoms with Crippen molar-refractivity contribution in [1.82, 2.24) is 0 Å². The molecule has 3 nitrogen and oxygen atoms in total. The Morgan fingerprint density at radius 3 is 1.38 bits per heavy atom. The van der Waals surface area contributed by atoms with Crippen molar-refractivity contribution in [3.63, 3.8) is 0 Å². The third-order valence-corrected chi connectivity index (χ3v) is 7.56. The van der Waals surface area contributed by atoms with Gasteiger partial charge in [-0.15, -0.1) is 9.13 Å². The predicted molar refractivity (Wildman–Crippen MR) is 157 cm³/mol. The number of hydrogen-bond donors (Lipinski definition) is 0. The summed E-state index contributed by atoms with van der Waals surface area (Å²) in [4.78, 5) is 0. The lowest BCUT2D eigenvalue weighted by atomic mass is 10.0. The van der Waals surface area contributed by atoms with Crippen molar-refractivity contribution in [1.29, 1.82) is 0 Å². The minimum Gasteiger partial charge on any atom is -0.367 e. The van der Waals surface area contributed by atoms with Crippen molar-refractivity contribution < 1.29 is 13.9 Å². The number of rotatable bonds is 23. The summed E-state index contributed by atoms with van der Waals surface area (Å²) in [6, 6.07) is 9.01. The fourth-order valence-corrected chi connectivity index (χ4v) is 5.23. The molecule has 0 aliphatic heterocycles. The van der Waals surface area contributed by atoms with E-state index < -0.39 is 0 Å². The Balaban J connectivity index is 1.88. The maximum absolute atomic E-state index is 5.95. The van der Waals surface area contributed by atoms with E-state index in [1.54, 1.807) is 0 Å². The van der Waals surface area contributed by atoms with Gasteiger partial charge in [-0.25, -0.2) is 0 Å². The van der Waals surface area contributed by atoms with E-state index in [1.807, 2.05) is 0 Å². The summed E-state index contributed by atoms with van der Waals surface area (Å²) < 4.78 is 10.7. The molecule has 0 radical (unpaired) electrons. The first-order valence-corrected chi connectivity index (χ1v) is 15.9. The topological polar surface area (TPSA) is 17.0 Å². The zero-order chi connectivity index (χ0) is 26.4. The number of aryl methyl sites for hydroxylation is 2. The molecule has 0 bridgehead atoms. The van der Waals surface area contributed by atoms with Crippen LogP contribution in [0.3, 0.4) is 0 Å². The molecular formula is C34H58N2O+2. The van der Waals surface area contributed by atoms with Gasteiger partial charge in [-0.3, -0.25) is 0 Å². The molecule has 37 heavy (non-hydrogen) atoms. The second kappa shape index (κ2) is 21.2. The first-order valence-electron chi connectivity index (χ1n) is 15.9. The van der Waals surface area contributed by atoms with Crippen LogP contribution in [0, 0.1) is 0 Å². The molecule has 2 aromatic heterocycles. The second-order valence-electron chi connectivity index (χ2n) is 10.9. The van der Waals surface area contributed by atoms with Gasteiger partial charge in [-0.2, -0.15) is 0 Å². The van der Waals surface area contributed by atoms with Crippen LogP contribution in [0.15, 0.2) is 49.1 Å². The van der Waals surface area contributed by atoms with Gasteiger partial charge in [0, 0.05) is 29.9 Å². The van der Waals surface area contributed by atoms with Crippen LogP contribution < -0.4 is 9.13 Å². The molecule has 0 aliphatic carbocycles. The van der Waals surface area contributed by atoms with Crippen LogP contribution in [-0.4, -0.2) is 13.2 Å². The van der Waals surface area contributed by atoms with Gasteiger partial charge in [0.25, 0.3) is 0 Å². The Bertz CT molecular complexity index is 742. The normalized spacial score (nSPS) is 11.5. The van der Waals surface area contributed by atoms with Crippen LogP contribution in [0.4, 0.5) is 0 Å². The molecule has 2 aromatic rings. The van der Waals surface area contributed by atoms with E-state index in [0.29, 0.717) is 6.61 Å². The van der Waals surface area contributed by atoms with Gasteiger partial charge in [-0.05, 0) is 44.7 Å². The third kappa shape index (κ3) is 14.1. The lowest BCUT2D eigenvalue weighted by Gasteiger charge is -2.10. The van der Waals surface area contributed by atoms with Crippen LogP contribution in [0.5, 0.6) is 0 Å². The van der Waals surface area contributed by atoms with Crippen molar-refractivity contribution in [2.24, 2.45) is 0 Å². The van der Waals surface area contributed by atoms with Crippen molar-refractivity contribution in [2.45, 2.75) is 143 Å². The molecule has 0 fully saturated rings. The molecule has 0 N–H and O–H groups in total. The average molecular weight is 511 g/mol. The number of hydrogen-bond acceptors (Lipinski definition) is 1. The largest absolute Gasteiger partial charge is 0.375 e. The molecule has 0 aromatic carbocycles. The Morgan fingerprint density at radius 1 is 0.568 bits per heavy atom. The summed E-state index contributed by atoms with van der Waals surface area (Å²) >= 11 is 0. The van der Waals surface area contributed by atoms with Crippen LogP contribution in [-0.2, 0) is 17.6 Å². The zero-order valence-corrected chi connectivity index (χ0v) is 24.6. The maximum Gasteiger partial charge on any atom is 0.375 e. The maximum atomic E-state index is 5.95. The molecule has 0 unspecified atom stereocenters. The van der Waals surface area contributed by atoms with Gasteiger partial charge < -0.3 is 4.74 Å². The Kier molecular flexibility index (Phi) is 18.1. The third-order valence-electron chi connectivity index (χ3n) is 7.56. The molecule has 2 heterocycles. The van der Waals surface area contributed by atoms with E-state index >= 15 is 0 Å². The monoisotopic (exact) mass is 510 g/mol. The van der Waals surface area contributed by atoms with Crippen molar-refractivity contribution >= 4 is 0 Å². The zero-order valence-electron chi connectivity index (χ0n) is 24.6. The van der Waals surface area contributed by atoms with Crippen molar-refractivity contribution in [3.05, 3.63) is 60.2 Å². The minimum atomic E-state index is 0.150. The van der Waals surface area contributed by atoms with E-state index in [1.165, 1.54) is 127 Å². The van der Waals surface area contributed by atoms with E-state index in [4.69, 9.17) is 4.74 Å². The molecule has 0 saturated heterocycles. The molecular weight excluding hydrogens is 452 g/mol. The van der Waals surface area contributed by atoms with E-state index in [0.717, 1.165) is 6.61 Å².